The van der Waals surface area contributed by atoms with Crippen molar-refractivity contribution in [2.75, 3.05) is 19.6 Å². The van der Waals surface area contributed by atoms with Crippen LogP contribution in [0.2, 0.25) is 0 Å². The van der Waals surface area contributed by atoms with Crippen LogP contribution < -0.4 is 5.32 Å². The molecule has 0 aromatic heterocycles. The van der Waals surface area contributed by atoms with E-state index in [0.29, 0.717) is 5.92 Å². The zero-order chi connectivity index (χ0) is 15.2. The molecule has 1 heterocycles. The first-order chi connectivity index (χ1) is 10.2. The summed E-state index contributed by atoms with van der Waals surface area (Å²) < 4.78 is 0. The molecule has 3 nitrogen and oxygen atoms in total. The Balaban J connectivity index is 1.98. The summed E-state index contributed by atoms with van der Waals surface area (Å²) in [5.74, 6) is 0.881. The summed E-state index contributed by atoms with van der Waals surface area (Å²) in [5, 5.41) is 3.41. The van der Waals surface area contributed by atoms with Gasteiger partial charge in [-0.15, -0.1) is 0 Å². The quantitative estimate of drug-likeness (QED) is 0.903. The molecular weight excluding hydrogens is 260 g/mol. The SMILES string of the molecule is CCN(CC)C(=O)C1CC(Cc2ccccc2C)CCN1. The summed E-state index contributed by atoms with van der Waals surface area (Å²) in [6, 6.07) is 8.61. The smallest absolute Gasteiger partial charge is 0.239 e. The number of carbonyl (C=O) groups excluding carboxylic acids is 1. The number of benzene rings is 1. The van der Waals surface area contributed by atoms with Gasteiger partial charge in [0.05, 0.1) is 6.04 Å². The standard InChI is InChI=1S/C18H28N2O/c1-4-20(5-2)18(21)17-13-15(10-11-19-17)12-16-9-7-6-8-14(16)3/h6-9,15,17,19H,4-5,10-13H2,1-3H3. The lowest BCUT2D eigenvalue weighted by Gasteiger charge is -2.33. The number of hydrogen-bond acceptors (Lipinski definition) is 2. The number of hydrogen-bond donors (Lipinski definition) is 1. The van der Waals surface area contributed by atoms with Crippen molar-refractivity contribution in [3.63, 3.8) is 0 Å². The summed E-state index contributed by atoms with van der Waals surface area (Å²) >= 11 is 0. The summed E-state index contributed by atoms with van der Waals surface area (Å²) in [6.45, 7) is 8.83. The first-order valence-corrected chi connectivity index (χ1v) is 8.22. The fraction of sp³-hybridized carbons (Fsp3) is 0.611. The minimum Gasteiger partial charge on any atom is -0.342 e. The third-order valence-corrected chi connectivity index (χ3v) is 4.66. The number of likely N-dealkylation sites (N-methyl/N-ethyl adjacent to an activating group) is 1. The largest absolute Gasteiger partial charge is 0.342 e. The normalized spacial score (nSPS) is 22.0. The van der Waals surface area contributed by atoms with Gasteiger partial charge in [0.1, 0.15) is 0 Å². The summed E-state index contributed by atoms with van der Waals surface area (Å²) in [6.07, 6.45) is 3.22. The molecule has 0 bridgehead atoms. The molecule has 2 atom stereocenters. The van der Waals surface area contributed by atoms with E-state index in [-0.39, 0.29) is 11.9 Å². The van der Waals surface area contributed by atoms with Gasteiger partial charge in [-0.05, 0) is 63.6 Å². The number of nitrogens with one attached hydrogen (secondary N) is 1. The Bertz CT molecular complexity index is 468. The Hall–Kier alpha value is -1.35. The zero-order valence-electron chi connectivity index (χ0n) is 13.6. The highest BCUT2D eigenvalue weighted by atomic mass is 16.2. The molecule has 0 radical (unpaired) electrons. The molecule has 21 heavy (non-hydrogen) atoms. The maximum absolute atomic E-state index is 12.5. The third kappa shape index (κ3) is 4.07. The Morgan fingerprint density at radius 1 is 1.29 bits per heavy atom. The van der Waals surface area contributed by atoms with Crippen LogP contribution in [0.3, 0.4) is 0 Å². The molecular formula is C18H28N2O. The summed E-state index contributed by atoms with van der Waals surface area (Å²) in [5.41, 5.74) is 2.79. The van der Waals surface area contributed by atoms with Crippen molar-refractivity contribution in [2.45, 2.75) is 46.1 Å². The lowest BCUT2D eigenvalue weighted by molar-refractivity contribution is -0.134. The Labute approximate surface area is 128 Å². The van der Waals surface area contributed by atoms with Crippen molar-refractivity contribution >= 4 is 5.91 Å². The van der Waals surface area contributed by atoms with E-state index in [1.165, 1.54) is 11.1 Å². The molecule has 2 rings (SSSR count). The van der Waals surface area contributed by atoms with E-state index in [2.05, 4.69) is 50.4 Å². The van der Waals surface area contributed by atoms with Gasteiger partial charge in [0, 0.05) is 13.1 Å². The fourth-order valence-electron chi connectivity index (χ4n) is 3.28. The average Bonchev–Trinajstić information content (AvgIpc) is 2.51. The monoisotopic (exact) mass is 288 g/mol. The highest BCUT2D eigenvalue weighted by Crippen LogP contribution is 2.23. The van der Waals surface area contributed by atoms with Crippen LogP contribution in [0.1, 0.15) is 37.8 Å². The molecule has 1 aromatic carbocycles. The van der Waals surface area contributed by atoms with E-state index in [0.717, 1.165) is 38.9 Å². The number of carbonyl (C=O) groups is 1. The van der Waals surface area contributed by atoms with Crippen molar-refractivity contribution in [2.24, 2.45) is 5.92 Å². The van der Waals surface area contributed by atoms with Gasteiger partial charge >= 0.3 is 0 Å². The molecule has 0 spiro atoms. The molecule has 1 aromatic rings. The number of amides is 1. The van der Waals surface area contributed by atoms with Gasteiger partial charge in [0.25, 0.3) is 0 Å². The Kier molecular flexibility index (Phi) is 5.80. The minimum absolute atomic E-state index is 0.00710. The van der Waals surface area contributed by atoms with Crippen LogP contribution in [-0.4, -0.2) is 36.5 Å². The molecule has 3 heteroatoms. The van der Waals surface area contributed by atoms with Gasteiger partial charge in [0.15, 0.2) is 0 Å². The molecule has 1 aliphatic rings. The van der Waals surface area contributed by atoms with E-state index in [4.69, 9.17) is 0 Å². The topological polar surface area (TPSA) is 32.3 Å². The van der Waals surface area contributed by atoms with Gasteiger partial charge in [-0.1, -0.05) is 24.3 Å². The van der Waals surface area contributed by atoms with Crippen LogP contribution in [0.5, 0.6) is 0 Å². The second-order valence-electron chi connectivity index (χ2n) is 6.04. The molecule has 0 aliphatic carbocycles. The van der Waals surface area contributed by atoms with Crippen LogP contribution in [0.4, 0.5) is 0 Å². The molecule has 1 amide bonds. The van der Waals surface area contributed by atoms with Crippen LogP contribution in [0.15, 0.2) is 24.3 Å². The zero-order valence-corrected chi connectivity index (χ0v) is 13.6. The van der Waals surface area contributed by atoms with Gasteiger partial charge in [-0.25, -0.2) is 0 Å². The highest BCUT2D eigenvalue weighted by Gasteiger charge is 2.29. The van der Waals surface area contributed by atoms with E-state index >= 15 is 0 Å². The molecule has 1 N–H and O–H groups in total. The van der Waals surface area contributed by atoms with Gasteiger partial charge in [0.2, 0.25) is 5.91 Å². The number of rotatable bonds is 5. The average molecular weight is 288 g/mol. The summed E-state index contributed by atoms with van der Waals surface area (Å²) in [7, 11) is 0. The first-order valence-electron chi connectivity index (χ1n) is 8.22. The Morgan fingerprint density at radius 3 is 2.67 bits per heavy atom. The Morgan fingerprint density at radius 2 is 2.00 bits per heavy atom. The molecule has 0 saturated carbocycles. The molecule has 116 valence electrons. The number of nitrogens with zero attached hydrogens (tertiary/aromatic N) is 1. The maximum Gasteiger partial charge on any atom is 0.239 e. The number of piperidine rings is 1. The van der Waals surface area contributed by atoms with Crippen molar-refractivity contribution in [1.29, 1.82) is 0 Å². The second kappa shape index (κ2) is 7.60. The predicted octanol–water partition coefficient (Wildman–Crippen LogP) is 2.77. The third-order valence-electron chi connectivity index (χ3n) is 4.66. The second-order valence-corrected chi connectivity index (χ2v) is 6.04. The molecule has 1 aliphatic heterocycles. The lowest BCUT2D eigenvalue weighted by atomic mass is 9.85. The molecule has 2 unspecified atom stereocenters. The predicted molar refractivity (Wildman–Crippen MR) is 87.3 cm³/mol. The van der Waals surface area contributed by atoms with Gasteiger partial charge in [-0.3, -0.25) is 4.79 Å². The maximum atomic E-state index is 12.5. The minimum atomic E-state index is 0.00710. The van der Waals surface area contributed by atoms with Gasteiger partial charge < -0.3 is 10.2 Å². The lowest BCUT2D eigenvalue weighted by Crippen LogP contribution is -2.50. The van der Waals surface area contributed by atoms with Crippen molar-refractivity contribution in [1.82, 2.24) is 10.2 Å². The number of aryl methyl sites for hydroxylation is 1. The summed E-state index contributed by atoms with van der Waals surface area (Å²) in [4.78, 5) is 14.4. The van der Waals surface area contributed by atoms with Crippen molar-refractivity contribution < 1.29 is 4.79 Å². The van der Waals surface area contributed by atoms with E-state index in [1.807, 2.05) is 4.90 Å². The van der Waals surface area contributed by atoms with E-state index in [1.54, 1.807) is 0 Å². The van der Waals surface area contributed by atoms with E-state index < -0.39 is 0 Å². The van der Waals surface area contributed by atoms with Crippen LogP contribution in [0, 0.1) is 12.8 Å². The highest BCUT2D eigenvalue weighted by molar-refractivity contribution is 5.82. The molecule has 1 fully saturated rings. The van der Waals surface area contributed by atoms with Crippen molar-refractivity contribution in [3.8, 4) is 0 Å². The first kappa shape index (κ1) is 16.0. The van der Waals surface area contributed by atoms with Gasteiger partial charge in [-0.2, -0.15) is 0 Å². The van der Waals surface area contributed by atoms with Crippen LogP contribution in [-0.2, 0) is 11.2 Å². The van der Waals surface area contributed by atoms with Crippen molar-refractivity contribution in [3.05, 3.63) is 35.4 Å². The van der Waals surface area contributed by atoms with E-state index in [9.17, 15) is 4.79 Å². The van der Waals surface area contributed by atoms with Crippen LogP contribution in [0.25, 0.3) is 0 Å². The van der Waals surface area contributed by atoms with Crippen LogP contribution >= 0.6 is 0 Å². The molecule has 1 saturated heterocycles. The fourth-order valence-corrected chi connectivity index (χ4v) is 3.28.